The van der Waals surface area contributed by atoms with Gasteiger partial charge in [-0.3, -0.25) is 10.7 Å². The summed E-state index contributed by atoms with van der Waals surface area (Å²) in [6.07, 6.45) is 7.66. The SMILES string of the molecule is CC1(C2(N)N=Cc3ccncc3N2)CC1. The van der Waals surface area contributed by atoms with Crippen LogP contribution in [0.5, 0.6) is 0 Å². The first-order chi connectivity index (χ1) is 7.13. The van der Waals surface area contributed by atoms with E-state index in [1.807, 2.05) is 12.3 Å². The van der Waals surface area contributed by atoms with Crippen molar-refractivity contribution in [3.05, 3.63) is 24.0 Å². The van der Waals surface area contributed by atoms with Crippen LogP contribution in [0.1, 0.15) is 25.3 Å². The van der Waals surface area contributed by atoms with Gasteiger partial charge in [0.1, 0.15) is 0 Å². The van der Waals surface area contributed by atoms with E-state index in [0.717, 1.165) is 24.1 Å². The summed E-state index contributed by atoms with van der Waals surface area (Å²) in [5.74, 6) is -0.650. The Morgan fingerprint density at radius 2 is 2.27 bits per heavy atom. The molecule has 4 nitrogen and oxygen atoms in total. The number of nitrogens with zero attached hydrogens (tertiary/aromatic N) is 2. The van der Waals surface area contributed by atoms with Crippen molar-refractivity contribution >= 4 is 11.9 Å². The van der Waals surface area contributed by atoms with Gasteiger partial charge in [0.2, 0.25) is 0 Å². The molecule has 1 atom stereocenters. The molecule has 2 heterocycles. The molecule has 1 fully saturated rings. The smallest absolute Gasteiger partial charge is 0.187 e. The van der Waals surface area contributed by atoms with E-state index in [0.29, 0.717) is 0 Å². The van der Waals surface area contributed by atoms with Crippen LogP contribution in [0.25, 0.3) is 0 Å². The Kier molecular flexibility index (Phi) is 1.52. The van der Waals surface area contributed by atoms with Gasteiger partial charge in [0, 0.05) is 23.4 Å². The van der Waals surface area contributed by atoms with Crippen LogP contribution in [0.15, 0.2) is 23.5 Å². The van der Waals surface area contributed by atoms with E-state index in [2.05, 4.69) is 22.2 Å². The zero-order valence-electron chi connectivity index (χ0n) is 8.70. The maximum atomic E-state index is 6.28. The highest BCUT2D eigenvalue weighted by molar-refractivity contribution is 5.89. The van der Waals surface area contributed by atoms with E-state index in [1.165, 1.54) is 0 Å². The standard InChI is InChI=1S/C11H14N4/c1-10(3-4-10)11(12)14-6-8-2-5-13-7-9(8)15-11/h2,5-7,15H,3-4,12H2,1H3. The molecule has 0 saturated heterocycles. The predicted molar refractivity (Wildman–Crippen MR) is 59.7 cm³/mol. The molecule has 1 unspecified atom stereocenters. The maximum absolute atomic E-state index is 6.28. The van der Waals surface area contributed by atoms with Crippen molar-refractivity contribution in [1.29, 1.82) is 0 Å². The number of aromatic nitrogens is 1. The Balaban J connectivity index is 2.02. The van der Waals surface area contributed by atoms with Crippen molar-refractivity contribution in [2.24, 2.45) is 16.1 Å². The van der Waals surface area contributed by atoms with Crippen LogP contribution in [0.2, 0.25) is 0 Å². The van der Waals surface area contributed by atoms with Gasteiger partial charge in [-0.2, -0.15) is 0 Å². The van der Waals surface area contributed by atoms with Gasteiger partial charge in [-0.1, -0.05) is 6.92 Å². The summed E-state index contributed by atoms with van der Waals surface area (Å²) in [4.78, 5) is 8.54. The van der Waals surface area contributed by atoms with Crippen molar-refractivity contribution in [3.8, 4) is 0 Å². The van der Waals surface area contributed by atoms with Crippen LogP contribution in [-0.2, 0) is 0 Å². The first-order valence-corrected chi connectivity index (χ1v) is 5.19. The Hall–Kier alpha value is -1.42. The normalized spacial score (nSPS) is 30.5. The number of nitrogens with one attached hydrogen (secondary N) is 1. The van der Waals surface area contributed by atoms with Gasteiger partial charge < -0.3 is 5.32 Å². The summed E-state index contributed by atoms with van der Waals surface area (Å²) in [5, 5.41) is 3.29. The van der Waals surface area contributed by atoms with Gasteiger partial charge in [-0.25, -0.2) is 4.99 Å². The van der Waals surface area contributed by atoms with E-state index in [4.69, 9.17) is 5.73 Å². The maximum Gasteiger partial charge on any atom is 0.187 e. The van der Waals surface area contributed by atoms with Crippen molar-refractivity contribution in [3.63, 3.8) is 0 Å². The molecule has 3 N–H and O–H groups in total. The number of anilines is 1. The zero-order chi connectivity index (χ0) is 10.5. The highest BCUT2D eigenvalue weighted by atomic mass is 15.3. The molecule has 1 aromatic rings. The van der Waals surface area contributed by atoms with E-state index in [-0.39, 0.29) is 5.41 Å². The van der Waals surface area contributed by atoms with Gasteiger partial charge in [-0.05, 0) is 18.9 Å². The Morgan fingerprint density at radius 1 is 1.47 bits per heavy atom. The summed E-state index contributed by atoms with van der Waals surface area (Å²) in [5.41, 5.74) is 8.40. The molecule has 0 aromatic carbocycles. The third-order valence-electron chi connectivity index (χ3n) is 3.51. The summed E-state index contributed by atoms with van der Waals surface area (Å²) >= 11 is 0. The number of rotatable bonds is 1. The molecular weight excluding hydrogens is 188 g/mol. The van der Waals surface area contributed by atoms with Crippen LogP contribution in [0.3, 0.4) is 0 Å². The number of nitrogens with two attached hydrogens (primary N) is 1. The minimum atomic E-state index is -0.650. The summed E-state index contributed by atoms with van der Waals surface area (Å²) in [7, 11) is 0. The van der Waals surface area contributed by atoms with E-state index >= 15 is 0 Å². The second-order valence-electron chi connectivity index (χ2n) is 4.67. The van der Waals surface area contributed by atoms with Crippen LogP contribution in [0, 0.1) is 5.41 Å². The van der Waals surface area contributed by atoms with E-state index in [1.54, 1.807) is 12.4 Å². The highest BCUT2D eigenvalue weighted by Gasteiger charge is 2.55. The summed E-state index contributed by atoms with van der Waals surface area (Å²) in [6, 6.07) is 1.93. The molecule has 78 valence electrons. The number of fused-ring (bicyclic) bond motifs is 1. The van der Waals surface area contributed by atoms with Crippen molar-refractivity contribution < 1.29 is 0 Å². The Morgan fingerprint density at radius 3 is 3.00 bits per heavy atom. The first kappa shape index (κ1) is 8.85. The lowest BCUT2D eigenvalue weighted by atomic mass is 9.98. The molecule has 0 amide bonds. The Labute approximate surface area is 88.6 Å². The van der Waals surface area contributed by atoms with Crippen LogP contribution < -0.4 is 11.1 Å². The van der Waals surface area contributed by atoms with Crippen molar-refractivity contribution in [1.82, 2.24) is 4.98 Å². The lowest BCUT2D eigenvalue weighted by Crippen LogP contribution is -2.54. The molecule has 15 heavy (non-hydrogen) atoms. The lowest BCUT2D eigenvalue weighted by molar-refractivity contribution is 0.319. The van der Waals surface area contributed by atoms with Crippen LogP contribution in [0.4, 0.5) is 5.69 Å². The van der Waals surface area contributed by atoms with Gasteiger partial charge >= 0.3 is 0 Å². The molecule has 1 aromatic heterocycles. The van der Waals surface area contributed by atoms with Crippen LogP contribution in [-0.4, -0.2) is 17.0 Å². The molecule has 1 aliphatic heterocycles. The molecular formula is C11H14N4. The molecule has 4 heteroatoms. The lowest BCUT2D eigenvalue weighted by Gasteiger charge is -2.36. The third kappa shape index (κ3) is 1.18. The summed E-state index contributed by atoms with van der Waals surface area (Å²) in [6.45, 7) is 2.17. The quantitative estimate of drug-likeness (QED) is 0.722. The fraction of sp³-hybridized carbons (Fsp3) is 0.455. The second kappa shape index (κ2) is 2.58. The number of hydrogen-bond donors (Lipinski definition) is 2. The Bertz CT molecular complexity index is 436. The monoisotopic (exact) mass is 202 g/mol. The number of pyridine rings is 1. The average molecular weight is 202 g/mol. The average Bonchev–Trinajstić information content (AvgIpc) is 2.98. The van der Waals surface area contributed by atoms with Gasteiger partial charge in [0.15, 0.2) is 5.79 Å². The minimum absolute atomic E-state index is 0.0943. The first-order valence-electron chi connectivity index (χ1n) is 5.19. The molecule has 0 radical (unpaired) electrons. The highest BCUT2D eigenvalue weighted by Crippen LogP contribution is 2.53. The van der Waals surface area contributed by atoms with Crippen LogP contribution >= 0.6 is 0 Å². The van der Waals surface area contributed by atoms with Gasteiger partial charge in [-0.15, -0.1) is 0 Å². The molecule has 3 rings (SSSR count). The predicted octanol–water partition coefficient (Wildman–Crippen LogP) is 1.34. The van der Waals surface area contributed by atoms with Gasteiger partial charge in [0.05, 0.1) is 11.9 Å². The molecule has 0 bridgehead atoms. The van der Waals surface area contributed by atoms with Crippen molar-refractivity contribution in [2.45, 2.75) is 25.6 Å². The third-order valence-corrected chi connectivity index (χ3v) is 3.51. The largest absolute Gasteiger partial charge is 0.347 e. The van der Waals surface area contributed by atoms with Gasteiger partial charge in [0.25, 0.3) is 0 Å². The van der Waals surface area contributed by atoms with E-state index < -0.39 is 5.79 Å². The van der Waals surface area contributed by atoms with E-state index in [9.17, 15) is 0 Å². The molecule has 0 spiro atoms. The zero-order valence-corrected chi connectivity index (χ0v) is 8.70. The molecule has 1 aliphatic carbocycles. The summed E-state index contributed by atoms with van der Waals surface area (Å²) < 4.78 is 0. The number of hydrogen-bond acceptors (Lipinski definition) is 4. The number of aliphatic imine (C=N–C) groups is 1. The molecule has 2 aliphatic rings. The topological polar surface area (TPSA) is 63.3 Å². The fourth-order valence-corrected chi connectivity index (χ4v) is 1.91. The van der Waals surface area contributed by atoms with Crippen molar-refractivity contribution in [2.75, 3.05) is 5.32 Å². The molecule has 1 saturated carbocycles. The fourth-order valence-electron chi connectivity index (χ4n) is 1.91. The minimum Gasteiger partial charge on any atom is -0.347 e. The second-order valence-corrected chi connectivity index (χ2v) is 4.67.